The van der Waals surface area contributed by atoms with Crippen LogP contribution in [0.2, 0.25) is 0 Å². The van der Waals surface area contributed by atoms with Crippen molar-refractivity contribution in [2.24, 2.45) is 11.8 Å². The molecule has 0 saturated carbocycles. The standard InChI is InChI=1S/C10H16O2/c1-6(2)8(4)10-7(3)5-9(11)12-10/h6,8H,5H2,1-4H3. The van der Waals surface area contributed by atoms with Crippen LogP contribution in [-0.4, -0.2) is 5.97 Å². The van der Waals surface area contributed by atoms with Crippen molar-refractivity contribution in [3.8, 4) is 0 Å². The number of rotatable bonds is 2. The van der Waals surface area contributed by atoms with Crippen molar-refractivity contribution in [3.63, 3.8) is 0 Å². The van der Waals surface area contributed by atoms with Crippen LogP contribution in [0.1, 0.15) is 34.1 Å². The van der Waals surface area contributed by atoms with Crippen LogP contribution in [0.15, 0.2) is 11.3 Å². The van der Waals surface area contributed by atoms with Crippen LogP contribution in [0.25, 0.3) is 0 Å². The van der Waals surface area contributed by atoms with Crippen LogP contribution in [-0.2, 0) is 9.53 Å². The van der Waals surface area contributed by atoms with E-state index < -0.39 is 0 Å². The zero-order valence-electron chi connectivity index (χ0n) is 8.18. The van der Waals surface area contributed by atoms with Crippen molar-refractivity contribution >= 4 is 5.97 Å². The fourth-order valence-corrected chi connectivity index (χ4v) is 1.33. The summed E-state index contributed by atoms with van der Waals surface area (Å²) in [6.07, 6.45) is 0.479. The van der Waals surface area contributed by atoms with E-state index in [1.54, 1.807) is 0 Å². The molecular weight excluding hydrogens is 152 g/mol. The van der Waals surface area contributed by atoms with Gasteiger partial charge in [0.1, 0.15) is 5.76 Å². The van der Waals surface area contributed by atoms with Crippen molar-refractivity contribution in [2.45, 2.75) is 34.1 Å². The van der Waals surface area contributed by atoms with Gasteiger partial charge in [-0.3, -0.25) is 4.79 Å². The molecular formula is C10H16O2. The van der Waals surface area contributed by atoms with Crippen molar-refractivity contribution in [1.29, 1.82) is 0 Å². The van der Waals surface area contributed by atoms with E-state index in [9.17, 15) is 4.79 Å². The van der Waals surface area contributed by atoms with E-state index >= 15 is 0 Å². The predicted octanol–water partition coefficient (Wildman–Crippen LogP) is 2.50. The Morgan fingerprint density at radius 3 is 2.25 bits per heavy atom. The molecule has 0 aliphatic carbocycles. The van der Waals surface area contributed by atoms with Gasteiger partial charge in [0.25, 0.3) is 0 Å². The molecule has 0 radical (unpaired) electrons. The van der Waals surface area contributed by atoms with Gasteiger partial charge in [-0.15, -0.1) is 0 Å². The summed E-state index contributed by atoms with van der Waals surface area (Å²) in [4.78, 5) is 10.9. The summed E-state index contributed by atoms with van der Waals surface area (Å²) < 4.78 is 5.14. The highest BCUT2D eigenvalue weighted by Crippen LogP contribution is 2.30. The third kappa shape index (κ3) is 1.68. The Balaban J connectivity index is 2.75. The number of hydrogen-bond donors (Lipinski definition) is 0. The topological polar surface area (TPSA) is 26.3 Å². The first-order valence-corrected chi connectivity index (χ1v) is 4.42. The van der Waals surface area contributed by atoms with E-state index in [2.05, 4.69) is 20.8 Å². The maximum absolute atomic E-state index is 10.9. The van der Waals surface area contributed by atoms with Gasteiger partial charge in [0.15, 0.2) is 0 Å². The van der Waals surface area contributed by atoms with Gasteiger partial charge in [-0.2, -0.15) is 0 Å². The Morgan fingerprint density at radius 1 is 1.33 bits per heavy atom. The Bertz CT molecular complexity index is 226. The fourth-order valence-electron chi connectivity index (χ4n) is 1.33. The first-order chi connectivity index (χ1) is 5.52. The van der Waals surface area contributed by atoms with Crippen molar-refractivity contribution in [1.82, 2.24) is 0 Å². The normalized spacial score (nSPS) is 20.2. The number of carbonyl (C=O) groups is 1. The van der Waals surface area contributed by atoms with Gasteiger partial charge in [0, 0.05) is 5.92 Å². The zero-order valence-corrected chi connectivity index (χ0v) is 8.18. The number of hydrogen-bond acceptors (Lipinski definition) is 2. The van der Waals surface area contributed by atoms with Crippen molar-refractivity contribution in [3.05, 3.63) is 11.3 Å². The highest BCUT2D eigenvalue weighted by Gasteiger charge is 2.26. The number of carbonyl (C=O) groups excluding carboxylic acids is 1. The lowest BCUT2D eigenvalue weighted by molar-refractivity contribution is -0.137. The largest absolute Gasteiger partial charge is 0.431 e. The molecule has 0 aromatic heterocycles. The average Bonchev–Trinajstić information content (AvgIpc) is 2.28. The molecule has 0 spiro atoms. The minimum absolute atomic E-state index is 0.102. The van der Waals surface area contributed by atoms with Gasteiger partial charge in [-0.25, -0.2) is 0 Å². The van der Waals surface area contributed by atoms with Gasteiger partial charge in [0.05, 0.1) is 6.42 Å². The van der Waals surface area contributed by atoms with Gasteiger partial charge in [0.2, 0.25) is 0 Å². The van der Waals surface area contributed by atoms with Gasteiger partial charge < -0.3 is 4.74 Å². The van der Waals surface area contributed by atoms with E-state index in [4.69, 9.17) is 4.74 Å². The number of allylic oxidation sites excluding steroid dienone is 1. The van der Waals surface area contributed by atoms with E-state index in [0.29, 0.717) is 18.3 Å². The van der Waals surface area contributed by atoms with Gasteiger partial charge in [-0.05, 0) is 18.4 Å². The summed E-state index contributed by atoms with van der Waals surface area (Å²) in [7, 11) is 0. The first-order valence-electron chi connectivity index (χ1n) is 4.42. The molecule has 0 amide bonds. The minimum Gasteiger partial charge on any atom is -0.431 e. The van der Waals surface area contributed by atoms with Gasteiger partial charge in [-0.1, -0.05) is 20.8 Å². The summed E-state index contributed by atoms with van der Waals surface area (Å²) in [5.41, 5.74) is 1.10. The smallest absolute Gasteiger partial charge is 0.315 e. The molecule has 12 heavy (non-hydrogen) atoms. The van der Waals surface area contributed by atoms with E-state index in [1.165, 1.54) is 0 Å². The molecule has 1 unspecified atom stereocenters. The SMILES string of the molecule is CC1=C(C(C)C(C)C)OC(=O)C1. The molecule has 1 heterocycles. The monoisotopic (exact) mass is 168 g/mol. The number of ether oxygens (including phenoxy) is 1. The quantitative estimate of drug-likeness (QED) is 0.592. The summed E-state index contributed by atoms with van der Waals surface area (Å²) in [6, 6.07) is 0. The lowest BCUT2D eigenvalue weighted by Crippen LogP contribution is -2.09. The summed E-state index contributed by atoms with van der Waals surface area (Å²) in [5, 5.41) is 0. The lowest BCUT2D eigenvalue weighted by Gasteiger charge is -2.16. The third-order valence-electron chi connectivity index (χ3n) is 2.47. The second-order valence-corrected chi connectivity index (χ2v) is 3.83. The average molecular weight is 168 g/mol. The van der Waals surface area contributed by atoms with E-state index in [0.717, 1.165) is 11.3 Å². The summed E-state index contributed by atoms with van der Waals surface area (Å²) >= 11 is 0. The Labute approximate surface area is 73.6 Å². The van der Waals surface area contributed by atoms with Crippen LogP contribution in [0, 0.1) is 11.8 Å². The van der Waals surface area contributed by atoms with E-state index in [-0.39, 0.29) is 5.97 Å². The third-order valence-corrected chi connectivity index (χ3v) is 2.47. The molecule has 0 fully saturated rings. The molecule has 1 rings (SSSR count). The van der Waals surface area contributed by atoms with Crippen LogP contribution in [0.5, 0.6) is 0 Å². The van der Waals surface area contributed by atoms with Crippen LogP contribution >= 0.6 is 0 Å². The maximum Gasteiger partial charge on any atom is 0.315 e. The molecule has 0 aromatic rings. The number of cyclic esters (lactones) is 1. The molecule has 1 aliphatic heterocycles. The molecule has 2 nitrogen and oxygen atoms in total. The minimum atomic E-state index is -0.102. The first kappa shape index (κ1) is 9.30. The molecule has 2 heteroatoms. The molecule has 1 atom stereocenters. The Hall–Kier alpha value is -0.790. The van der Waals surface area contributed by atoms with Crippen LogP contribution < -0.4 is 0 Å². The van der Waals surface area contributed by atoms with Crippen LogP contribution in [0.3, 0.4) is 0 Å². The number of esters is 1. The molecule has 0 bridgehead atoms. The van der Waals surface area contributed by atoms with Crippen LogP contribution in [0.4, 0.5) is 0 Å². The Morgan fingerprint density at radius 2 is 1.92 bits per heavy atom. The van der Waals surface area contributed by atoms with Gasteiger partial charge >= 0.3 is 5.97 Å². The molecule has 68 valence electrons. The zero-order chi connectivity index (χ0) is 9.30. The molecule has 0 N–H and O–H groups in total. The molecule has 0 saturated heterocycles. The fraction of sp³-hybridized carbons (Fsp3) is 0.700. The van der Waals surface area contributed by atoms with Crippen molar-refractivity contribution in [2.75, 3.05) is 0 Å². The highest BCUT2D eigenvalue weighted by molar-refractivity contribution is 5.76. The molecule has 1 aliphatic rings. The summed E-state index contributed by atoms with van der Waals surface area (Å²) in [5.74, 6) is 1.68. The lowest BCUT2D eigenvalue weighted by atomic mass is 9.94. The van der Waals surface area contributed by atoms with E-state index in [1.807, 2.05) is 6.92 Å². The second kappa shape index (κ2) is 3.30. The second-order valence-electron chi connectivity index (χ2n) is 3.83. The van der Waals surface area contributed by atoms with Crippen molar-refractivity contribution < 1.29 is 9.53 Å². The summed E-state index contributed by atoms with van der Waals surface area (Å²) in [6.45, 7) is 8.34. The molecule has 0 aromatic carbocycles. The predicted molar refractivity (Wildman–Crippen MR) is 47.4 cm³/mol. The highest BCUT2D eigenvalue weighted by atomic mass is 16.5. The maximum atomic E-state index is 10.9. The Kier molecular flexibility index (Phi) is 2.55.